The van der Waals surface area contributed by atoms with E-state index in [1.807, 2.05) is 0 Å². The molecule has 1 aliphatic rings. The Kier molecular flexibility index (Phi) is 7.21. The van der Waals surface area contributed by atoms with Crippen LogP contribution in [0.15, 0.2) is 54.7 Å². The first kappa shape index (κ1) is 21.8. The minimum absolute atomic E-state index is 0.150. The van der Waals surface area contributed by atoms with Crippen LogP contribution in [-0.2, 0) is 13.0 Å². The minimum atomic E-state index is 0.150. The van der Waals surface area contributed by atoms with Gasteiger partial charge in [0.15, 0.2) is 5.78 Å². The van der Waals surface area contributed by atoms with E-state index in [0.29, 0.717) is 0 Å². The number of ketones is 1. The van der Waals surface area contributed by atoms with Crippen LogP contribution in [-0.4, -0.2) is 59.4 Å². The number of benzene rings is 2. The minimum Gasteiger partial charge on any atom is -0.346 e. The van der Waals surface area contributed by atoms with Crippen molar-refractivity contribution in [2.75, 3.05) is 39.3 Å². The van der Waals surface area contributed by atoms with E-state index in [1.54, 1.807) is 6.92 Å². The maximum absolute atomic E-state index is 12.1. The quantitative estimate of drug-likeness (QED) is 0.493. The molecule has 1 aliphatic heterocycles. The van der Waals surface area contributed by atoms with Crippen molar-refractivity contribution in [1.29, 1.82) is 0 Å². The third-order valence-corrected chi connectivity index (χ3v) is 6.59. The normalized spacial score (nSPS) is 15.9. The molecule has 0 atom stereocenters. The Morgan fingerprint density at radius 3 is 2.35 bits per heavy atom. The van der Waals surface area contributed by atoms with Gasteiger partial charge in [-0.3, -0.25) is 4.79 Å². The van der Waals surface area contributed by atoms with Crippen molar-refractivity contribution < 1.29 is 4.79 Å². The molecule has 2 heterocycles. The number of nitrogens with zero attached hydrogens (tertiary/aromatic N) is 3. The Morgan fingerprint density at radius 1 is 0.871 bits per heavy atom. The first-order valence-electron chi connectivity index (χ1n) is 11.7. The third kappa shape index (κ3) is 5.44. The fraction of sp³-hybridized carbons (Fsp3) is 0.444. The second kappa shape index (κ2) is 10.3. The Bertz CT molecular complexity index is 1010. The fourth-order valence-electron chi connectivity index (χ4n) is 4.87. The molecular formula is C27H35N3O. The van der Waals surface area contributed by atoms with Crippen LogP contribution in [0.25, 0.3) is 10.9 Å². The second-order valence-corrected chi connectivity index (χ2v) is 8.89. The molecule has 0 N–H and O–H groups in total. The molecule has 1 fully saturated rings. The first-order chi connectivity index (χ1) is 15.1. The summed E-state index contributed by atoms with van der Waals surface area (Å²) in [7, 11) is 0. The maximum atomic E-state index is 12.1. The van der Waals surface area contributed by atoms with Gasteiger partial charge in [0.1, 0.15) is 0 Å². The highest BCUT2D eigenvalue weighted by atomic mass is 16.1. The van der Waals surface area contributed by atoms with Gasteiger partial charge in [0.2, 0.25) is 0 Å². The Labute approximate surface area is 186 Å². The van der Waals surface area contributed by atoms with Gasteiger partial charge in [-0.2, -0.15) is 0 Å². The molecule has 0 amide bonds. The Hall–Kier alpha value is -2.43. The van der Waals surface area contributed by atoms with E-state index < -0.39 is 0 Å². The van der Waals surface area contributed by atoms with E-state index in [2.05, 4.69) is 76.0 Å². The average Bonchev–Trinajstić information content (AvgIpc) is 3.00. The zero-order valence-electron chi connectivity index (χ0n) is 19.0. The van der Waals surface area contributed by atoms with Crippen LogP contribution in [0.1, 0.15) is 41.3 Å². The molecule has 0 saturated carbocycles. The van der Waals surface area contributed by atoms with E-state index >= 15 is 0 Å². The highest BCUT2D eigenvalue weighted by Gasteiger charge is 2.16. The molecule has 0 spiro atoms. The number of hydrogen-bond acceptors (Lipinski definition) is 3. The summed E-state index contributed by atoms with van der Waals surface area (Å²) in [6.07, 6.45) is 5.56. The van der Waals surface area contributed by atoms with Gasteiger partial charge in [-0.05, 0) is 63.9 Å². The molecule has 0 radical (unpaired) electrons. The Morgan fingerprint density at radius 2 is 1.61 bits per heavy atom. The van der Waals surface area contributed by atoms with Crippen LogP contribution in [0, 0.1) is 6.92 Å². The lowest BCUT2D eigenvalue weighted by molar-refractivity contribution is 0.101. The van der Waals surface area contributed by atoms with Crippen molar-refractivity contribution in [3.8, 4) is 0 Å². The molecule has 0 unspecified atom stereocenters. The summed E-state index contributed by atoms with van der Waals surface area (Å²) in [6.45, 7) is 11.7. The van der Waals surface area contributed by atoms with E-state index in [0.717, 1.165) is 56.5 Å². The number of rotatable bonds is 8. The molecule has 1 aromatic heterocycles. The van der Waals surface area contributed by atoms with Crippen molar-refractivity contribution in [3.63, 3.8) is 0 Å². The molecule has 4 rings (SSSR count). The smallest absolute Gasteiger partial charge is 0.161 e. The molecular weight excluding hydrogens is 382 g/mol. The average molecular weight is 418 g/mol. The number of hydrogen-bond donors (Lipinski definition) is 0. The topological polar surface area (TPSA) is 28.5 Å². The van der Waals surface area contributed by atoms with Gasteiger partial charge in [-0.1, -0.05) is 48.5 Å². The van der Waals surface area contributed by atoms with E-state index in [1.165, 1.54) is 36.2 Å². The van der Waals surface area contributed by atoms with Crippen molar-refractivity contribution >= 4 is 16.7 Å². The van der Waals surface area contributed by atoms with Crippen LogP contribution >= 0.6 is 0 Å². The van der Waals surface area contributed by atoms with Gasteiger partial charge >= 0.3 is 0 Å². The van der Waals surface area contributed by atoms with Gasteiger partial charge in [-0.25, -0.2) is 0 Å². The highest BCUT2D eigenvalue weighted by molar-refractivity contribution is 6.07. The number of fused-ring (bicyclic) bond motifs is 1. The van der Waals surface area contributed by atoms with Crippen molar-refractivity contribution in [3.05, 3.63) is 71.4 Å². The first-order valence-corrected chi connectivity index (χ1v) is 11.7. The summed E-state index contributed by atoms with van der Waals surface area (Å²) in [4.78, 5) is 17.3. The van der Waals surface area contributed by atoms with Crippen molar-refractivity contribution in [2.45, 2.75) is 39.7 Å². The van der Waals surface area contributed by atoms with E-state index in [4.69, 9.17) is 0 Å². The monoisotopic (exact) mass is 417 g/mol. The van der Waals surface area contributed by atoms with Gasteiger partial charge < -0.3 is 14.4 Å². The van der Waals surface area contributed by atoms with Crippen LogP contribution < -0.4 is 0 Å². The summed E-state index contributed by atoms with van der Waals surface area (Å²) in [5.41, 5.74) is 4.75. The number of Topliss-reactive ketones (excluding diaryl/α,β-unsaturated/α-hetero) is 1. The molecule has 3 aromatic rings. The number of carbonyl (C=O) groups is 1. The molecule has 4 nitrogen and oxygen atoms in total. The molecule has 4 heteroatoms. The highest BCUT2D eigenvalue weighted by Crippen LogP contribution is 2.25. The zero-order valence-corrected chi connectivity index (χ0v) is 19.0. The number of aromatic nitrogens is 1. The third-order valence-electron chi connectivity index (χ3n) is 6.59. The van der Waals surface area contributed by atoms with Crippen molar-refractivity contribution in [2.24, 2.45) is 0 Å². The number of carbonyl (C=O) groups excluding carboxylic acids is 1. The van der Waals surface area contributed by atoms with Gasteiger partial charge in [-0.15, -0.1) is 0 Å². The lowest BCUT2D eigenvalue weighted by Crippen LogP contribution is -2.32. The zero-order chi connectivity index (χ0) is 21.6. The van der Waals surface area contributed by atoms with Gasteiger partial charge in [0, 0.05) is 43.3 Å². The number of aryl methyl sites for hydroxylation is 2. The molecule has 0 bridgehead atoms. The number of para-hydroxylation sites is 1. The largest absolute Gasteiger partial charge is 0.346 e. The standard InChI is InChI=1S/C27H35N3O/c1-22-9-6-12-25-26(23(2)31)21-30(27(22)25)17-8-16-28-14-7-15-29(20-19-28)18-13-24-10-4-3-5-11-24/h3-6,9-12,21H,7-8,13-20H2,1-2H3. The fourth-order valence-corrected chi connectivity index (χ4v) is 4.87. The van der Waals surface area contributed by atoms with Crippen LogP contribution in [0.4, 0.5) is 0 Å². The summed E-state index contributed by atoms with van der Waals surface area (Å²) < 4.78 is 2.30. The molecule has 0 aliphatic carbocycles. The SMILES string of the molecule is CC(=O)c1cn(CCCN2CCCN(CCc3ccccc3)CC2)c2c(C)cccc12. The molecule has 164 valence electrons. The van der Waals surface area contributed by atoms with E-state index in [9.17, 15) is 4.79 Å². The van der Waals surface area contributed by atoms with Crippen molar-refractivity contribution in [1.82, 2.24) is 14.4 Å². The van der Waals surface area contributed by atoms with E-state index in [-0.39, 0.29) is 5.78 Å². The molecule has 2 aromatic carbocycles. The van der Waals surface area contributed by atoms with Gasteiger partial charge in [0.25, 0.3) is 0 Å². The molecule has 31 heavy (non-hydrogen) atoms. The summed E-state index contributed by atoms with van der Waals surface area (Å²) in [6, 6.07) is 17.1. The maximum Gasteiger partial charge on any atom is 0.161 e. The van der Waals surface area contributed by atoms with Crippen LogP contribution in [0.3, 0.4) is 0 Å². The predicted octanol–water partition coefficient (Wildman–Crippen LogP) is 4.79. The summed E-state index contributed by atoms with van der Waals surface area (Å²) in [5.74, 6) is 0.150. The van der Waals surface area contributed by atoms with Crippen LogP contribution in [0.2, 0.25) is 0 Å². The Balaban J connectivity index is 1.29. The summed E-state index contributed by atoms with van der Waals surface area (Å²) >= 11 is 0. The predicted molar refractivity (Wildman–Crippen MR) is 129 cm³/mol. The summed E-state index contributed by atoms with van der Waals surface area (Å²) in [5, 5.41) is 1.09. The lowest BCUT2D eigenvalue weighted by atomic mass is 10.1. The second-order valence-electron chi connectivity index (χ2n) is 8.89. The van der Waals surface area contributed by atoms with Crippen LogP contribution in [0.5, 0.6) is 0 Å². The lowest BCUT2D eigenvalue weighted by Gasteiger charge is -2.22. The molecule has 1 saturated heterocycles. The van der Waals surface area contributed by atoms with Gasteiger partial charge in [0.05, 0.1) is 5.52 Å².